The van der Waals surface area contributed by atoms with Gasteiger partial charge in [0.2, 0.25) is 0 Å². The molecule has 6 nitrogen and oxygen atoms in total. The first-order valence-electron chi connectivity index (χ1n) is 8.15. The third-order valence-corrected chi connectivity index (χ3v) is 4.09. The first kappa shape index (κ1) is 18.5. The molecule has 2 rings (SSSR count). The van der Waals surface area contributed by atoms with Gasteiger partial charge in [-0.25, -0.2) is 9.78 Å². The van der Waals surface area contributed by atoms with Crippen molar-refractivity contribution in [1.29, 1.82) is 0 Å². The van der Waals surface area contributed by atoms with Gasteiger partial charge in [0.15, 0.2) is 0 Å². The van der Waals surface area contributed by atoms with Crippen molar-refractivity contribution in [3.8, 4) is 0 Å². The lowest BCUT2D eigenvalue weighted by Gasteiger charge is -2.30. The highest BCUT2D eigenvalue weighted by Gasteiger charge is 2.26. The van der Waals surface area contributed by atoms with Crippen LogP contribution in [0, 0.1) is 0 Å². The Bertz CT molecular complexity index is 593. The van der Waals surface area contributed by atoms with Crippen LogP contribution in [0.1, 0.15) is 56.8 Å². The lowest BCUT2D eigenvalue weighted by atomic mass is 9.91. The number of amides is 2. The second kappa shape index (κ2) is 7.83. The highest BCUT2D eigenvalue weighted by molar-refractivity contribution is 6.32. The van der Waals surface area contributed by atoms with Crippen molar-refractivity contribution in [1.82, 2.24) is 15.6 Å². The number of nitrogens with zero attached hydrogens (tertiary/aromatic N) is 1. The molecule has 132 valence electrons. The van der Waals surface area contributed by atoms with Crippen molar-refractivity contribution < 1.29 is 14.3 Å². The number of hydrogen-bond acceptors (Lipinski definition) is 4. The van der Waals surface area contributed by atoms with Crippen LogP contribution in [-0.4, -0.2) is 34.7 Å². The third kappa shape index (κ3) is 5.67. The maximum atomic E-state index is 12.2. The van der Waals surface area contributed by atoms with Gasteiger partial charge >= 0.3 is 6.09 Å². The van der Waals surface area contributed by atoms with E-state index in [0.29, 0.717) is 5.56 Å². The number of halogens is 1. The van der Waals surface area contributed by atoms with Gasteiger partial charge in [0.1, 0.15) is 10.8 Å². The van der Waals surface area contributed by atoms with Gasteiger partial charge in [-0.3, -0.25) is 4.79 Å². The Balaban J connectivity index is 1.78. The van der Waals surface area contributed by atoms with Crippen molar-refractivity contribution in [2.45, 2.75) is 64.1 Å². The molecule has 1 aromatic heterocycles. The Kier molecular flexibility index (Phi) is 6.04. The summed E-state index contributed by atoms with van der Waals surface area (Å²) in [6.45, 7) is 5.51. The average Bonchev–Trinajstić information content (AvgIpc) is 2.47. The minimum Gasteiger partial charge on any atom is -0.444 e. The molecular weight excluding hydrogens is 330 g/mol. The van der Waals surface area contributed by atoms with Gasteiger partial charge < -0.3 is 15.4 Å². The predicted molar refractivity (Wildman–Crippen MR) is 92.1 cm³/mol. The summed E-state index contributed by atoms with van der Waals surface area (Å²) >= 11 is 5.94. The number of ether oxygens (including phenoxy) is 1. The molecule has 24 heavy (non-hydrogen) atoms. The van der Waals surface area contributed by atoms with Gasteiger partial charge in [-0.15, -0.1) is 0 Å². The van der Waals surface area contributed by atoms with Crippen LogP contribution in [0.2, 0.25) is 5.15 Å². The largest absolute Gasteiger partial charge is 0.444 e. The SMILES string of the molecule is CC(C)(C)OC(=O)N[C@H]1CC[C@@H](NC(=O)c2cccnc2Cl)CC1. The van der Waals surface area contributed by atoms with Crippen LogP contribution in [0.3, 0.4) is 0 Å². The van der Waals surface area contributed by atoms with E-state index in [1.165, 1.54) is 0 Å². The van der Waals surface area contributed by atoms with E-state index in [2.05, 4.69) is 15.6 Å². The molecule has 2 N–H and O–H groups in total. The van der Waals surface area contributed by atoms with Gasteiger partial charge in [0.25, 0.3) is 5.91 Å². The van der Waals surface area contributed by atoms with E-state index >= 15 is 0 Å². The van der Waals surface area contributed by atoms with Crippen molar-refractivity contribution in [3.05, 3.63) is 29.0 Å². The second-order valence-electron chi connectivity index (χ2n) is 7.01. The van der Waals surface area contributed by atoms with E-state index in [1.54, 1.807) is 18.3 Å². The van der Waals surface area contributed by atoms with Gasteiger partial charge in [0.05, 0.1) is 5.56 Å². The molecule has 1 saturated carbocycles. The Morgan fingerprint density at radius 1 is 1.17 bits per heavy atom. The molecule has 1 aliphatic carbocycles. The number of nitrogens with one attached hydrogen (secondary N) is 2. The van der Waals surface area contributed by atoms with E-state index in [1.807, 2.05) is 20.8 Å². The lowest BCUT2D eigenvalue weighted by molar-refractivity contribution is 0.0488. The summed E-state index contributed by atoms with van der Waals surface area (Å²) in [5.74, 6) is -0.211. The van der Waals surface area contributed by atoms with Crippen LogP contribution in [0.5, 0.6) is 0 Å². The number of aromatic nitrogens is 1. The second-order valence-corrected chi connectivity index (χ2v) is 7.37. The zero-order valence-corrected chi connectivity index (χ0v) is 15.0. The molecule has 1 fully saturated rings. The van der Waals surface area contributed by atoms with E-state index in [-0.39, 0.29) is 23.1 Å². The molecule has 0 aliphatic heterocycles. The van der Waals surface area contributed by atoms with E-state index in [9.17, 15) is 9.59 Å². The number of hydrogen-bond donors (Lipinski definition) is 2. The summed E-state index contributed by atoms with van der Waals surface area (Å²) in [5, 5.41) is 6.07. The summed E-state index contributed by atoms with van der Waals surface area (Å²) in [6.07, 6.45) is 4.34. The molecule has 0 spiro atoms. The summed E-state index contributed by atoms with van der Waals surface area (Å²) in [6, 6.07) is 3.49. The van der Waals surface area contributed by atoms with Crippen LogP contribution in [0.15, 0.2) is 18.3 Å². The minimum atomic E-state index is -0.502. The molecule has 0 bridgehead atoms. The monoisotopic (exact) mass is 353 g/mol. The number of alkyl carbamates (subject to hydrolysis) is 1. The number of pyridine rings is 1. The number of carbonyl (C=O) groups excluding carboxylic acids is 2. The molecule has 0 saturated heterocycles. The zero-order valence-electron chi connectivity index (χ0n) is 14.3. The molecule has 0 aromatic carbocycles. The molecule has 0 radical (unpaired) electrons. The fraction of sp³-hybridized carbons (Fsp3) is 0.588. The van der Waals surface area contributed by atoms with Crippen LogP contribution >= 0.6 is 11.6 Å². The number of rotatable bonds is 3. The first-order chi connectivity index (χ1) is 11.2. The summed E-state index contributed by atoms with van der Waals surface area (Å²) in [7, 11) is 0. The van der Waals surface area contributed by atoms with Gasteiger partial charge in [-0.05, 0) is 58.6 Å². The normalized spacial score (nSPS) is 21.0. The molecule has 0 atom stereocenters. The van der Waals surface area contributed by atoms with Crippen molar-refractivity contribution in [2.75, 3.05) is 0 Å². The van der Waals surface area contributed by atoms with Crippen molar-refractivity contribution in [3.63, 3.8) is 0 Å². The lowest BCUT2D eigenvalue weighted by Crippen LogP contribution is -2.45. The zero-order chi connectivity index (χ0) is 17.7. The van der Waals surface area contributed by atoms with Crippen LogP contribution in [0.25, 0.3) is 0 Å². The Morgan fingerprint density at radius 3 is 2.29 bits per heavy atom. The third-order valence-electron chi connectivity index (χ3n) is 3.79. The standard InChI is InChI=1S/C17H24ClN3O3/c1-17(2,3)24-16(23)21-12-8-6-11(7-9-12)20-15(22)13-5-4-10-19-14(13)18/h4-5,10-12H,6-9H2,1-3H3,(H,20,22)(H,21,23)/t11-,12+. The molecule has 7 heteroatoms. The highest BCUT2D eigenvalue weighted by Crippen LogP contribution is 2.20. The summed E-state index contributed by atoms with van der Waals surface area (Å²) in [5.41, 5.74) is -0.119. The molecule has 1 heterocycles. The molecule has 1 aromatic rings. The van der Waals surface area contributed by atoms with E-state index < -0.39 is 11.7 Å². The van der Waals surface area contributed by atoms with Crippen LogP contribution in [0.4, 0.5) is 4.79 Å². The Labute approximate surface area is 147 Å². The number of carbonyl (C=O) groups is 2. The van der Waals surface area contributed by atoms with Gasteiger partial charge in [-0.1, -0.05) is 11.6 Å². The quantitative estimate of drug-likeness (QED) is 0.817. The van der Waals surface area contributed by atoms with E-state index in [4.69, 9.17) is 16.3 Å². The topological polar surface area (TPSA) is 80.3 Å². The molecular formula is C17H24ClN3O3. The maximum Gasteiger partial charge on any atom is 0.407 e. The summed E-state index contributed by atoms with van der Waals surface area (Å²) < 4.78 is 5.26. The molecule has 2 amide bonds. The Morgan fingerprint density at radius 2 is 1.75 bits per heavy atom. The van der Waals surface area contributed by atoms with Crippen molar-refractivity contribution in [2.24, 2.45) is 0 Å². The predicted octanol–water partition coefficient (Wildman–Crippen LogP) is 3.30. The highest BCUT2D eigenvalue weighted by atomic mass is 35.5. The smallest absolute Gasteiger partial charge is 0.407 e. The summed E-state index contributed by atoms with van der Waals surface area (Å²) in [4.78, 5) is 27.9. The van der Waals surface area contributed by atoms with Gasteiger partial charge in [0, 0.05) is 18.3 Å². The first-order valence-corrected chi connectivity index (χ1v) is 8.53. The minimum absolute atomic E-state index is 0.0745. The average molecular weight is 354 g/mol. The Hall–Kier alpha value is -1.82. The maximum absolute atomic E-state index is 12.2. The van der Waals surface area contributed by atoms with Gasteiger partial charge in [-0.2, -0.15) is 0 Å². The van der Waals surface area contributed by atoms with Crippen LogP contribution < -0.4 is 10.6 Å². The fourth-order valence-corrected chi connectivity index (χ4v) is 2.88. The van der Waals surface area contributed by atoms with Crippen LogP contribution in [-0.2, 0) is 4.74 Å². The van der Waals surface area contributed by atoms with Crippen molar-refractivity contribution >= 4 is 23.6 Å². The molecule has 0 unspecified atom stereocenters. The fourth-order valence-electron chi connectivity index (χ4n) is 2.67. The van der Waals surface area contributed by atoms with E-state index in [0.717, 1.165) is 25.7 Å². The molecule has 1 aliphatic rings.